The molecule has 0 unspecified atom stereocenters. The van der Waals surface area contributed by atoms with Crippen molar-refractivity contribution in [1.29, 1.82) is 0 Å². The van der Waals surface area contributed by atoms with E-state index in [0.29, 0.717) is 0 Å². The Morgan fingerprint density at radius 1 is 1.13 bits per heavy atom. The molecule has 0 radical (unpaired) electrons. The Bertz CT molecular complexity index is 199. The fraction of sp³-hybridized carbons (Fsp3) is 1.00. The van der Waals surface area contributed by atoms with Crippen LogP contribution < -0.4 is 0 Å². The number of aliphatic hydroxyl groups excluding tert-OH is 4. The molecule has 1 heterocycles. The van der Waals surface area contributed by atoms with E-state index < -0.39 is 29.9 Å². The van der Waals surface area contributed by atoms with Gasteiger partial charge in [0.25, 0.3) is 0 Å². The van der Waals surface area contributed by atoms with Gasteiger partial charge < -0.3 is 25.2 Å². The highest BCUT2D eigenvalue weighted by Gasteiger charge is 2.43. The van der Waals surface area contributed by atoms with Crippen LogP contribution in [0.5, 0.6) is 0 Å². The van der Waals surface area contributed by atoms with Crippen molar-refractivity contribution in [2.45, 2.75) is 48.9 Å². The number of aliphatic hydroxyl groups is 4. The summed E-state index contributed by atoms with van der Waals surface area (Å²) in [5.74, 6) is 0. The SMILES string of the molecule is CC(C)S[C@@H]1O[C@H](CO)[C@H](O)[C@@H](O)[C@H]1O. The van der Waals surface area contributed by atoms with Crippen LogP contribution in [0, 0.1) is 0 Å². The van der Waals surface area contributed by atoms with Crippen LogP contribution in [0.3, 0.4) is 0 Å². The van der Waals surface area contributed by atoms with E-state index in [4.69, 9.17) is 9.84 Å². The fourth-order valence-corrected chi connectivity index (χ4v) is 2.51. The summed E-state index contributed by atoms with van der Waals surface area (Å²) in [5, 5.41) is 37.8. The smallest absolute Gasteiger partial charge is 0.132 e. The second kappa shape index (κ2) is 5.47. The Kier molecular flexibility index (Phi) is 4.82. The lowest BCUT2D eigenvalue weighted by Gasteiger charge is -2.40. The Balaban J connectivity index is 2.65. The van der Waals surface area contributed by atoms with Gasteiger partial charge in [-0.25, -0.2) is 0 Å². The first kappa shape index (κ1) is 13.2. The second-order valence-electron chi connectivity index (χ2n) is 3.88. The first-order valence-corrected chi connectivity index (χ1v) is 5.87. The normalized spacial score (nSPS) is 42.2. The van der Waals surface area contributed by atoms with Crippen molar-refractivity contribution in [2.24, 2.45) is 0 Å². The quantitative estimate of drug-likeness (QED) is 0.500. The van der Waals surface area contributed by atoms with Gasteiger partial charge >= 0.3 is 0 Å². The number of hydrogen-bond acceptors (Lipinski definition) is 6. The highest BCUT2D eigenvalue weighted by atomic mass is 32.2. The van der Waals surface area contributed by atoms with Gasteiger partial charge in [0.2, 0.25) is 0 Å². The first-order chi connectivity index (χ1) is 6.97. The van der Waals surface area contributed by atoms with Gasteiger partial charge in [-0.05, 0) is 0 Å². The van der Waals surface area contributed by atoms with Gasteiger partial charge in [0, 0.05) is 5.25 Å². The van der Waals surface area contributed by atoms with Crippen LogP contribution in [0.1, 0.15) is 13.8 Å². The van der Waals surface area contributed by atoms with E-state index in [9.17, 15) is 15.3 Å². The molecule has 4 N–H and O–H groups in total. The molecule has 0 aliphatic carbocycles. The van der Waals surface area contributed by atoms with Gasteiger partial charge in [0.1, 0.15) is 29.9 Å². The number of ether oxygens (including phenoxy) is 1. The van der Waals surface area contributed by atoms with Crippen LogP contribution in [0.25, 0.3) is 0 Å². The van der Waals surface area contributed by atoms with Crippen LogP contribution in [-0.4, -0.2) is 62.1 Å². The molecule has 0 amide bonds. The molecule has 0 bridgehead atoms. The molecular formula is C9H18O5S. The molecule has 90 valence electrons. The Labute approximate surface area is 93.1 Å². The summed E-state index contributed by atoms with van der Waals surface area (Å²) in [6.45, 7) is 3.50. The van der Waals surface area contributed by atoms with Gasteiger partial charge in [0.15, 0.2) is 0 Å². The average molecular weight is 238 g/mol. The Morgan fingerprint density at radius 3 is 2.20 bits per heavy atom. The van der Waals surface area contributed by atoms with Crippen LogP contribution in [0.2, 0.25) is 0 Å². The lowest BCUT2D eigenvalue weighted by molar-refractivity contribution is -0.205. The molecule has 1 aliphatic rings. The molecule has 1 fully saturated rings. The van der Waals surface area contributed by atoms with E-state index in [1.807, 2.05) is 13.8 Å². The van der Waals surface area contributed by atoms with Crippen molar-refractivity contribution >= 4 is 11.8 Å². The van der Waals surface area contributed by atoms with Gasteiger partial charge in [-0.1, -0.05) is 13.8 Å². The minimum atomic E-state index is -1.27. The summed E-state index contributed by atoms with van der Waals surface area (Å²) in [7, 11) is 0. The summed E-state index contributed by atoms with van der Waals surface area (Å²) in [6.07, 6.45) is -4.48. The first-order valence-electron chi connectivity index (χ1n) is 4.93. The summed E-state index contributed by atoms with van der Waals surface area (Å²) < 4.78 is 5.29. The monoisotopic (exact) mass is 238 g/mol. The van der Waals surface area contributed by atoms with Crippen molar-refractivity contribution in [3.63, 3.8) is 0 Å². The summed E-state index contributed by atoms with van der Waals surface area (Å²) >= 11 is 1.35. The van der Waals surface area contributed by atoms with Crippen LogP contribution in [0.4, 0.5) is 0 Å². The molecule has 0 spiro atoms. The summed E-state index contributed by atoms with van der Waals surface area (Å²) in [5.41, 5.74) is -0.611. The number of thioether (sulfide) groups is 1. The van der Waals surface area contributed by atoms with E-state index in [-0.39, 0.29) is 11.9 Å². The minimum Gasteiger partial charge on any atom is -0.394 e. The largest absolute Gasteiger partial charge is 0.394 e. The lowest BCUT2D eigenvalue weighted by Crippen LogP contribution is -2.57. The predicted molar refractivity (Wildman–Crippen MR) is 56.5 cm³/mol. The maximum atomic E-state index is 9.63. The Morgan fingerprint density at radius 2 is 1.73 bits per heavy atom. The molecule has 0 aromatic heterocycles. The molecule has 5 nitrogen and oxygen atoms in total. The molecule has 1 rings (SSSR count). The van der Waals surface area contributed by atoms with Crippen molar-refractivity contribution in [3.05, 3.63) is 0 Å². The number of rotatable bonds is 3. The van der Waals surface area contributed by atoms with Crippen molar-refractivity contribution in [3.8, 4) is 0 Å². The maximum absolute atomic E-state index is 9.63. The van der Waals surface area contributed by atoms with E-state index in [1.54, 1.807) is 0 Å². The Hall–Kier alpha value is 0.150. The van der Waals surface area contributed by atoms with Gasteiger partial charge in [-0.15, -0.1) is 11.8 Å². The zero-order chi connectivity index (χ0) is 11.6. The molecule has 5 atom stereocenters. The molecule has 0 aromatic carbocycles. The van der Waals surface area contributed by atoms with Crippen LogP contribution >= 0.6 is 11.8 Å². The van der Waals surface area contributed by atoms with Crippen molar-refractivity contribution in [2.75, 3.05) is 6.61 Å². The minimum absolute atomic E-state index is 0.228. The van der Waals surface area contributed by atoms with Crippen LogP contribution in [-0.2, 0) is 4.74 Å². The summed E-state index contributed by atoms with van der Waals surface area (Å²) in [6, 6.07) is 0. The van der Waals surface area contributed by atoms with E-state index in [1.165, 1.54) is 11.8 Å². The maximum Gasteiger partial charge on any atom is 0.132 e. The highest BCUT2D eigenvalue weighted by molar-refractivity contribution is 8.00. The highest BCUT2D eigenvalue weighted by Crippen LogP contribution is 2.30. The molecule has 6 heteroatoms. The second-order valence-corrected chi connectivity index (χ2v) is 5.56. The third-order valence-electron chi connectivity index (χ3n) is 2.25. The molecule has 1 aliphatic heterocycles. The van der Waals surface area contributed by atoms with Crippen LogP contribution in [0.15, 0.2) is 0 Å². The van der Waals surface area contributed by atoms with Gasteiger partial charge in [-0.2, -0.15) is 0 Å². The molecular weight excluding hydrogens is 220 g/mol. The topological polar surface area (TPSA) is 90.2 Å². The van der Waals surface area contributed by atoms with E-state index >= 15 is 0 Å². The molecule has 15 heavy (non-hydrogen) atoms. The third kappa shape index (κ3) is 3.05. The van der Waals surface area contributed by atoms with E-state index in [0.717, 1.165) is 0 Å². The molecule has 0 saturated carbocycles. The van der Waals surface area contributed by atoms with Gasteiger partial charge in [0.05, 0.1) is 6.61 Å². The lowest BCUT2D eigenvalue weighted by atomic mass is 10.0. The van der Waals surface area contributed by atoms with E-state index in [2.05, 4.69) is 0 Å². The average Bonchev–Trinajstić information content (AvgIpc) is 2.18. The molecule has 1 saturated heterocycles. The summed E-state index contributed by atoms with van der Waals surface area (Å²) in [4.78, 5) is 0. The van der Waals surface area contributed by atoms with Crippen molar-refractivity contribution in [1.82, 2.24) is 0 Å². The third-order valence-corrected chi connectivity index (χ3v) is 3.46. The predicted octanol–water partition coefficient (Wildman–Crippen LogP) is -1.07. The number of hydrogen-bond donors (Lipinski definition) is 4. The zero-order valence-corrected chi connectivity index (χ0v) is 9.59. The zero-order valence-electron chi connectivity index (χ0n) is 8.78. The fourth-order valence-electron chi connectivity index (χ4n) is 1.45. The standard InChI is InChI=1S/C9H18O5S/c1-4(2)15-9-8(13)7(12)6(11)5(3-10)14-9/h4-13H,3H2,1-2H3/t5-,6+,7-,8-,9+/m1/s1. The molecule has 0 aromatic rings. The van der Waals surface area contributed by atoms with Crippen molar-refractivity contribution < 1.29 is 25.2 Å². The van der Waals surface area contributed by atoms with Gasteiger partial charge in [-0.3, -0.25) is 0 Å².